The first-order chi connectivity index (χ1) is 8.67. The van der Waals surface area contributed by atoms with Crippen molar-refractivity contribution in [1.82, 2.24) is 9.88 Å². The van der Waals surface area contributed by atoms with Crippen molar-refractivity contribution < 1.29 is 4.79 Å². The second-order valence-corrected chi connectivity index (χ2v) is 5.86. The third-order valence-corrected chi connectivity index (χ3v) is 3.78. The van der Waals surface area contributed by atoms with E-state index < -0.39 is 0 Å². The van der Waals surface area contributed by atoms with Crippen LogP contribution in [-0.2, 0) is 11.3 Å². The van der Waals surface area contributed by atoms with Crippen LogP contribution >= 0.6 is 11.3 Å². The second kappa shape index (κ2) is 6.29. The van der Waals surface area contributed by atoms with Crippen molar-refractivity contribution in [3.05, 3.63) is 11.1 Å². The first-order valence-corrected chi connectivity index (χ1v) is 7.49. The fourth-order valence-corrected chi connectivity index (χ4v) is 2.78. The van der Waals surface area contributed by atoms with Gasteiger partial charge in [0.1, 0.15) is 0 Å². The van der Waals surface area contributed by atoms with Crippen molar-refractivity contribution in [1.29, 1.82) is 0 Å². The third-order valence-electron chi connectivity index (χ3n) is 2.97. The summed E-state index contributed by atoms with van der Waals surface area (Å²) in [5.41, 5.74) is 1.07. The number of anilines is 1. The lowest BCUT2D eigenvalue weighted by Gasteiger charge is -2.20. The molecule has 4 nitrogen and oxygen atoms in total. The Hall–Kier alpha value is -0.940. The van der Waals surface area contributed by atoms with Gasteiger partial charge in [-0.1, -0.05) is 6.92 Å². The van der Waals surface area contributed by atoms with Crippen LogP contribution in [0.4, 0.5) is 5.13 Å². The van der Waals surface area contributed by atoms with Crippen LogP contribution in [-0.4, -0.2) is 28.9 Å². The number of hydrogen-bond acceptors (Lipinski definition) is 4. The number of carbonyl (C=O) groups is 1. The van der Waals surface area contributed by atoms with Gasteiger partial charge < -0.3 is 5.32 Å². The van der Waals surface area contributed by atoms with Gasteiger partial charge in [-0.25, -0.2) is 4.98 Å². The molecule has 1 aliphatic rings. The minimum Gasteiger partial charge on any atom is -0.302 e. The first-order valence-electron chi connectivity index (χ1n) is 6.61. The molecule has 18 heavy (non-hydrogen) atoms. The molecule has 2 rings (SSSR count). The minimum atomic E-state index is -0.0562. The van der Waals surface area contributed by atoms with E-state index in [9.17, 15) is 4.79 Å². The van der Waals surface area contributed by atoms with Crippen molar-refractivity contribution in [2.24, 2.45) is 5.92 Å². The Morgan fingerprint density at radius 1 is 1.61 bits per heavy atom. The Bertz CT molecular complexity index is 401. The number of amides is 1. The van der Waals surface area contributed by atoms with E-state index in [1.165, 1.54) is 44.1 Å². The molecule has 0 radical (unpaired) electrons. The van der Waals surface area contributed by atoms with Crippen LogP contribution in [0, 0.1) is 5.92 Å². The standard InChI is InChI=1S/C13H21N3OS/c1-3-6-16(7-11-4-5-11)8-12-9-18-13(15-12)14-10(2)17/h9,11H,3-8H2,1-2H3,(H,14,15,17). The summed E-state index contributed by atoms with van der Waals surface area (Å²) in [5.74, 6) is 0.851. The zero-order valence-electron chi connectivity index (χ0n) is 11.1. The predicted molar refractivity (Wildman–Crippen MR) is 74.7 cm³/mol. The second-order valence-electron chi connectivity index (χ2n) is 5.00. The smallest absolute Gasteiger partial charge is 0.223 e. The maximum atomic E-state index is 10.9. The number of aromatic nitrogens is 1. The molecule has 1 amide bonds. The maximum Gasteiger partial charge on any atom is 0.223 e. The highest BCUT2D eigenvalue weighted by Crippen LogP contribution is 2.30. The molecule has 100 valence electrons. The Kier molecular flexibility index (Phi) is 4.72. The van der Waals surface area contributed by atoms with Crippen molar-refractivity contribution in [3.8, 4) is 0 Å². The van der Waals surface area contributed by atoms with E-state index >= 15 is 0 Å². The average molecular weight is 267 g/mol. The van der Waals surface area contributed by atoms with E-state index in [2.05, 4.69) is 22.1 Å². The monoisotopic (exact) mass is 267 g/mol. The zero-order chi connectivity index (χ0) is 13.0. The molecule has 5 heteroatoms. The van der Waals surface area contributed by atoms with Crippen LogP contribution in [0.5, 0.6) is 0 Å². The highest BCUT2D eigenvalue weighted by Gasteiger charge is 2.24. The van der Waals surface area contributed by atoms with Crippen molar-refractivity contribution in [3.63, 3.8) is 0 Å². The van der Waals surface area contributed by atoms with Gasteiger partial charge in [-0.05, 0) is 31.7 Å². The van der Waals surface area contributed by atoms with Crippen LogP contribution in [0.2, 0.25) is 0 Å². The maximum absolute atomic E-state index is 10.9. The molecule has 0 saturated heterocycles. The van der Waals surface area contributed by atoms with Crippen LogP contribution in [0.15, 0.2) is 5.38 Å². The van der Waals surface area contributed by atoms with E-state index in [1.807, 2.05) is 5.38 Å². The molecule has 0 aliphatic heterocycles. The van der Waals surface area contributed by atoms with E-state index in [4.69, 9.17) is 0 Å². The van der Waals surface area contributed by atoms with Crippen LogP contribution in [0.1, 0.15) is 38.8 Å². The lowest BCUT2D eigenvalue weighted by Crippen LogP contribution is -2.26. The molecule has 1 saturated carbocycles. The van der Waals surface area contributed by atoms with E-state index in [-0.39, 0.29) is 5.91 Å². The molecule has 1 N–H and O–H groups in total. The molecular weight excluding hydrogens is 246 g/mol. The summed E-state index contributed by atoms with van der Waals surface area (Å²) in [4.78, 5) is 17.9. The molecule has 0 atom stereocenters. The van der Waals surface area contributed by atoms with Gasteiger partial charge in [-0.15, -0.1) is 11.3 Å². The molecular formula is C13H21N3OS. The Labute approximate surface area is 112 Å². The van der Waals surface area contributed by atoms with Crippen molar-refractivity contribution in [2.75, 3.05) is 18.4 Å². The molecule has 0 bridgehead atoms. The molecule has 1 heterocycles. The van der Waals surface area contributed by atoms with Crippen LogP contribution in [0.3, 0.4) is 0 Å². The quantitative estimate of drug-likeness (QED) is 0.826. The zero-order valence-corrected chi connectivity index (χ0v) is 11.9. The fraction of sp³-hybridized carbons (Fsp3) is 0.692. The van der Waals surface area contributed by atoms with Gasteiger partial charge in [-0.2, -0.15) is 0 Å². The molecule has 0 aromatic carbocycles. The summed E-state index contributed by atoms with van der Waals surface area (Å²) >= 11 is 1.50. The third kappa shape index (κ3) is 4.38. The topological polar surface area (TPSA) is 45.2 Å². The molecule has 1 aromatic heterocycles. The minimum absolute atomic E-state index is 0.0562. The van der Waals surface area contributed by atoms with E-state index in [0.29, 0.717) is 5.13 Å². The Morgan fingerprint density at radius 3 is 3.00 bits per heavy atom. The van der Waals surface area contributed by atoms with Gasteiger partial charge in [-0.3, -0.25) is 9.69 Å². The predicted octanol–water partition coefficient (Wildman–Crippen LogP) is 2.72. The van der Waals surface area contributed by atoms with Crippen molar-refractivity contribution in [2.45, 2.75) is 39.7 Å². The van der Waals surface area contributed by atoms with Gasteiger partial charge in [0.2, 0.25) is 5.91 Å². The number of rotatable bonds is 7. The summed E-state index contributed by atoms with van der Waals surface area (Å²) in [6.07, 6.45) is 3.94. The summed E-state index contributed by atoms with van der Waals surface area (Å²) in [5, 5.41) is 5.48. The molecule has 1 aliphatic carbocycles. The highest BCUT2D eigenvalue weighted by molar-refractivity contribution is 7.13. The van der Waals surface area contributed by atoms with Gasteiger partial charge in [0.25, 0.3) is 0 Å². The summed E-state index contributed by atoms with van der Waals surface area (Å²) in [7, 11) is 0. The van der Waals surface area contributed by atoms with E-state index in [0.717, 1.165) is 24.7 Å². The van der Waals surface area contributed by atoms with Crippen LogP contribution < -0.4 is 5.32 Å². The summed E-state index contributed by atoms with van der Waals surface area (Å²) < 4.78 is 0. The van der Waals surface area contributed by atoms with Gasteiger partial charge in [0, 0.05) is 25.4 Å². The van der Waals surface area contributed by atoms with E-state index in [1.54, 1.807) is 0 Å². The van der Waals surface area contributed by atoms with Gasteiger partial charge >= 0.3 is 0 Å². The molecule has 1 aromatic rings. The summed E-state index contributed by atoms with van der Waals surface area (Å²) in [6, 6.07) is 0. The lowest BCUT2D eigenvalue weighted by atomic mass is 10.3. The van der Waals surface area contributed by atoms with Gasteiger partial charge in [0.05, 0.1) is 5.69 Å². The Morgan fingerprint density at radius 2 is 2.39 bits per heavy atom. The first kappa shape index (κ1) is 13.5. The number of nitrogens with zero attached hydrogens (tertiary/aromatic N) is 2. The van der Waals surface area contributed by atoms with Crippen molar-refractivity contribution >= 4 is 22.4 Å². The normalized spacial score (nSPS) is 15.1. The van der Waals surface area contributed by atoms with Gasteiger partial charge in [0.15, 0.2) is 5.13 Å². The number of carbonyl (C=O) groups excluding carboxylic acids is 1. The average Bonchev–Trinajstić information content (AvgIpc) is 2.99. The largest absolute Gasteiger partial charge is 0.302 e. The molecule has 1 fully saturated rings. The van der Waals surface area contributed by atoms with Crippen LogP contribution in [0.25, 0.3) is 0 Å². The summed E-state index contributed by atoms with van der Waals surface area (Å²) in [6.45, 7) is 6.95. The highest BCUT2D eigenvalue weighted by atomic mass is 32.1. The Balaban J connectivity index is 1.88. The number of thiazole rings is 1. The SMILES string of the molecule is CCCN(Cc1csc(NC(C)=O)n1)CC1CC1. The lowest BCUT2D eigenvalue weighted by molar-refractivity contribution is -0.114. The molecule has 0 unspecified atom stereocenters. The number of nitrogens with one attached hydrogen (secondary N) is 1. The molecule has 0 spiro atoms. The fourth-order valence-electron chi connectivity index (χ4n) is 2.03. The number of hydrogen-bond donors (Lipinski definition) is 1.